The van der Waals surface area contributed by atoms with E-state index < -0.39 is 0 Å². The summed E-state index contributed by atoms with van der Waals surface area (Å²) in [7, 11) is 0. The molecule has 9 aromatic carbocycles. The van der Waals surface area contributed by atoms with Crippen LogP contribution in [-0.2, 0) is 0 Å². The molecule has 0 aliphatic rings. The summed E-state index contributed by atoms with van der Waals surface area (Å²) in [5, 5.41) is 1.09. The predicted molar refractivity (Wildman–Crippen MR) is 278 cm³/mol. The number of hydrogen-bond donors (Lipinski definition) is 0. The molecule has 0 amide bonds. The highest BCUT2D eigenvalue weighted by molar-refractivity contribution is 6.11. The lowest BCUT2D eigenvalue weighted by atomic mass is 9.94. The Morgan fingerprint density at radius 3 is 1.27 bits per heavy atom. The van der Waals surface area contributed by atoms with E-state index in [1.807, 2.05) is 24.3 Å². The van der Waals surface area contributed by atoms with E-state index in [1.165, 1.54) is 0 Å². The van der Waals surface area contributed by atoms with Crippen LogP contribution in [0, 0.1) is 0 Å². The number of rotatable bonds is 9. The second-order valence-electron chi connectivity index (χ2n) is 16.8. The first-order chi connectivity index (χ1) is 33.2. The summed E-state index contributed by atoms with van der Waals surface area (Å²) in [5.74, 6) is 0.700. The highest BCUT2D eigenvalue weighted by atomic mass is 15.0. The molecule has 0 fully saturated rings. The lowest BCUT2D eigenvalue weighted by Crippen LogP contribution is -1.99. The molecule has 0 N–H and O–H groups in total. The first-order valence-corrected chi connectivity index (χ1v) is 22.7. The van der Waals surface area contributed by atoms with Crippen LogP contribution in [0.5, 0.6) is 0 Å². The maximum Gasteiger partial charge on any atom is 0.160 e. The molecule has 4 nitrogen and oxygen atoms in total. The van der Waals surface area contributed by atoms with Crippen LogP contribution >= 0.6 is 0 Å². The van der Waals surface area contributed by atoms with Crippen molar-refractivity contribution in [2.75, 3.05) is 0 Å². The monoisotopic (exact) mass is 854 g/mol. The smallest absolute Gasteiger partial charge is 0.160 e. The highest BCUT2D eigenvalue weighted by Crippen LogP contribution is 2.40. The Morgan fingerprint density at radius 1 is 0.269 bits per heavy atom. The summed E-state index contributed by atoms with van der Waals surface area (Å²) in [6.07, 6.45) is 0. The highest BCUT2D eigenvalue weighted by Gasteiger charge is 2.21. The van der Waals surface area contributed by atoms with Crippen molar-refractivity contribution >= 4 is 21.9 Å². The molecule has 314 valence electrons. The third-order valence-electron chi connectivity index (χ3n) is 12.6. The van der Waals surface area contributed by atoms with Gasteiger partial charge in [-0.15, -0.1) is 0 Å². The minimum Gasteiger partial charge on any atom is -0.306 e. The summed E-state index contributed by atoms with van der Waals surface area (Å²) in [6, 6.07) is 89.9. The minimum absolute atomic E-state index is 0.700. The molecule has 0 saturated carbocycles. The van der Waals surface area contributed by atoms with Crippen molar-refractivity contribution in [2.45, 2.75) is 0 Å². The summed E-state index contributed by atoms with van der Waals surface area (Å²) < 4.78 is 2.31. The summed E-state index contributed by atoms with van der Waals surface area (Å²) in [6.45, 7) is 0. The first kappa shape index (κ1) is 39.6. The van der Waals surface area contributed by atoms with E-state index in [0.717, 1.165) is 111 Å². The van der Waals surface area contributed by atoms with Gasteiger partial charge in [0.25, 0.3) is 0 Å². The molecule has 0 atom stereocenters. The topological polar surface area (TPSA) is 43.6 Å². The van der Waals surface area contributed by atoms with Gasteiger partial charge in [0, 0.05) is 33.3 Å². The quantitative estimate of drug-likeness (QED) is 0.145. The third-order valence-corrected chi connectivity index (χ3v) is 12.6. The van der Waals surface area contributed by atoms with E-state index in [-0.39, 0.29) is 0 Å². The molecule has 0 aliphatic carbocycles. The molecule has 0 aliphatic heterocycles. The molecular weight excluding hydrogens is 813 g/mol. The van der Waals surface area contributed by atoms with Crippen molar-refractivity contribution in [3.05, 3.63) is 255 Å². The summed E-state index contributed by atoms with van der Waals surface area (Å²) in [4.78, 5) is 15.9. The van der Waals surface area contributed by atoms with Crippen LogP contribution in [0.15, 0.2) is 255 Å². The van der Waals surface area contributed by atoms with Gasteiger partial charge in [-0.1, -0.05) is 200 Å². The zero-order valence-electron chi connectivity index (χ0n) is 36.5. The number of benzene rings is 9. The zero-order valence-corrected chi connectivity index (χ0v) is 36.5. The third kappa shape index (κ3) is 7.67. The van der Waals surface area contributed by atoms with Gasteiger partial charge in [-0.3, -0.25) is 0 Å². The Kier molecular flexibility index (Phi) is 10.2. The second kappa shape index (κ2) is 17.2. The molecule has 0 saturated heterocycles. The van der Waals surface area contributed by atoms with Gasteiger partial charge in [0.05, 0.1) is 28.1 Å². The summed E-state index contributed by atoms with van der Waals surface area (Å²) >= 11 is 0. The average Bonchev–Trinajstić information content (AvgIpc) is 3.76. The normalized spacial score (nSPS) is 11.3. The maximum absolute atomic E-state index is 5.39. The van der Waals surface area contributed by atoms with Crippen molar-refractivity contribution < 1.29 is 0 Å². The maximum atomic E-state index is 5.39. The molecule has 3 aromatic heterocycles. The molecule has 0 spiro atoms. The van der Waals surface area contributed by atoms with E-state index in [0.29, 0.717) is 5.82 Å². The minimum atomic E-state index is 0.700. The Balaban J connectivity index is 0.923. The number of pyridine rings is 1. The number of para-hydroxylation sites is 2. The standard InChI is InChI=1S/C63H42N4/c1-5-19-43(20-6-1)54-41-57(44-21-7-2-8-22-44)64-58(42-54)52-31-17-29-50(39-52)48-27-15-25-46(37-48)47-26-16-28-49(38-47)51-30-18-32-53(40-51)60-62-61(66-63(65-60)45-23-9-3-10-24-45)56-35-13-14-36-59(56)67(62)55-33-11-4-12-34-55/h1-42H. The Morgan fingerprint density at radius 2 is 0.687 bits per heavy atom. The SMILES string of the molecule is c1ccc(-c2cc(-c3ccccc3)nc(-c3cccc(-c4cccc(-c5cccc(-c6cccc(-c7nc(-c8ccccc8)nc8c9ccccc9n(-c9ccccc9)c78)c6)c5)c4)c3)c2)cc1. The van der Waals surface area contributed by atoms with Crippen molar-refractivity contribution in [3.8, 4) is 95.4 Å². The van der Waals surface area contributed by atoms with Crippen molar-refractivity contribution in [2.24, 2.45) is 0 Å². The number of fused-ring (bicyclic) bond motifs is 3. The van der Waals surface area contributed by atoms with Crippen LogP contribution in [0.25, 0.3) is 117 Å². The van der Waals surface area contributed by atoms with E-state index in [9.17, 15) is 0 Å². The van der Waals surface area contributed by atoms with E-state index in [1.54, 1.807) is 0 Å². The van der Waals surface area contributed by atoms with E-state index in [4.69, 9.17) is 15.0 Å². The van der Waals surface area contributed by atoms with Gasteiger partial charge in [-0.25, -0.2) is 15.0 Å². The number of aromatic nitrogens is 4. The molecule has 0 unspecified atom stereocenters. The van der Waals surface area contributed by atoms with Gasteiger partial charge in [-0.05, 0) is 99.1 Å². The molecule has 0 bridgehead atoms. The lowest BCUT2D eigenvalue weighted by molar-refractivity contribution is 1.15. The Labute approximate surface area is 389 Å². The fraction of sp³-hybridized carbons (Fsp3) is 0. The molecule has 67 heavy (non-hydrogen) atoms. The van der Waals surface area contributed by atoms with Crippen LogP contribution in [0.4, 0.5) is 0 Å². The van der Waals surface area contributed by atoms with Gasteiger partial charge in [-0.2, -0.15) is 0 Å². The van der Waals surface area contributed by atoms with Gasteiger partial charge >= 0.3 is 0 Å². The van der Waals surface area contributed by atoms with E-state index >= 15 is 0 Å². The van der Waals surface area contributed by atoms with Crippen molar-refractivity contribution in [1.29, 1.82) is 0 Å². The zero-order chi connectivity index (χ0) is 44.5. The predicted octanol–water partition coefficient (Wildman–Crippen LogP) is 16.3. The molecule has 4 heteroatoms. The molecular formula is C63H42N4. The molecule has 12 rings (SSSR count). The fourth-order valence-electron chi connectivity index (χ4n) is 9.30. The van der Waals surface area contributed by atoms with Gasteiger partial charge in [0.2, 0.25) is 0 Å². The lowest BCUT2D eigenvalue weighted by Gasteiger charge is -2.13. The number of hydrogen-bond acceptors (Lipinski definition) is 3. The second-order valence-corrected chi connectivity index (χ2v) is 16.8. The van der Waals surface area contributed by atoms with Crippen molar-refractivity contribution in [1.82, 2.24) is 19.5 Å². The van der Waals surface area contributed by atoms with Crippen LogP contribution in [0.3, 0.4) is 0 Å². The Hall–Kier alpha value is -8.99. The molecule has 3 heterocycles. The average molecular weight is 855 g/mol. The van der Waals surface area contributed by atoms with Crippen molar-refractivity contribution in [3.63, 3.8) is 0 Å². The van der Waals surface area contributed by atoms with E-state index in [2.05, 4.69) is 235 Å². The largest absolute Gasteiger partial charge is 0.306 e. The van der Waals surface area contributed by atoms with Gasteiger partial charge < -0.3 is 4.57 Å². The number of nitrogens with zero attached hydrogens (tertiary/aromatic N) is 4. The van der Waals surface area contributed by atoms with Gasteiger partial charge in [0.1, 0.15) is 5.52 Å². The molecule has 0 radical (unpaired) electrons. The molecule has 12 aromatic rings. The van der Waals surface area contributed by atoms with Crippen LogP contribution in [0.2, 0.25) is 0 Å². The van der Waals surface area contributed by atoms with Gasteiger partial charge in [0.15, 0.2) is 5.82 Å². The fourth-order valence-corrected chi connectivity index (χ4v) is 9.30. The summed E-state index contributed by atoms with van der Waals surface area (Å²) in [5.41, 5.74) is 20.1. The Bertz CT molecular complexity index is 3670. The van der Waals surface area contributed by atoms with Crippen LogP contribution in [-0.4, -0.2) is 19.5 Å². The van der Waals surface area contributed by atoms with Crippen LogP contribution < -0.4 is 0 Å². The van der Waals surface area contributed by atoms with Crippen LogP contribution in [0.1, 0.15) is 0 Å². The first-order valence-electron chi connectivity index (χ1n) is 22.7.